The maximum Gasteiger partial charge on any atom is 0.573 e. The summed E-state index contributed by atoms with van der Waals surface area (Å²) in [6.07, 6.45) is -5.38. The minimum atomic E-state index is -4.85. The fraction of sp³-hybridized carbons (Fsp3) is 0.429. The van der Waals surface area contributed by atoms with Crippen LogP contribution >= 0.6 is 11.8 Å². The lowest BCUT2D eigenvalue weighted by molar-refractivity contribution is -0.274. The second-order valence-electron chi connectivity index (χ2n) is 4.72. The number of rotatable bonds is 6. The zero-order valence-electron chi connectivity index (χ0n) is 11.9. The Hall–Kier alpha value is -2.07. The van der Waals surface area contributed by atoms with Crippen LogP contribution in [0.3, 0.4) is 0 Å². The molecule has 0 aliphatic carbocycles. The van der Waals surface area contributed by atoms with E-state index in [4.69, 9.17) is 10.5 Å². The van der Waals surface area contributed by atoms with Crippen molar-refractivity contribution in [3.8, 4) is 17.9 Å². The van der Waals surface area contributed by atoms with E-state index in [0.29, 0.717) is 5.56 Å². The van der Waals surface area contributed by atoms with E-state index in [0.717, 1.165) is 12.1 Å². The van der Waals surface area contributed by atoms with Crippen LogP contribution in [0.15, 0.2) is 24.3 Å². The Morgan fingerprint density at radius 1 is 0.958 bits per heavy atom. The second kappa shape index (κ2) is 7.67. The van der Waals surface area contributed by atoms with Gasteiger partial charge in [-0.2, -0.15) is 23.7 Å². The van der Waals surface area contributed by atoms with Crippen LogP contribution in [0.1, 0.15) is 12.0 Å². The van der Waals surface area contributed by atoms with Gasteiger partial charge in [0.25, 0.3) is 0 Å². The van der Waals surface area contributed by atoms with Crippen LogP contribution in [0, 0.1) is 28.1 Å². The first-order valence-corrected chi connectivity index (χ1v) is 7.35. The minimum Gasteiger partial charge on any atom is -0.406 e. The van der Waals surface area contributed by atoms with Gasteiger partial charge in [0.05, 0.1) is 12.1 Å². The van der Waals surface area contributed by atoms with Crippen molar-refractivity contribution in [1.29, 1.82) is 10.5 Å². The lowest BCUT2D eigenvalue weighted by Gasteiger charge is -2.19. The molecule has 0 aromatic heterocycles. The summed E-state index contributed by atoms with van der Waals surface area (Å²) in [5.74, 6) is -0.946. The highest BCUT2D eigenvalue weighted by Gasteiger charge is 2.34. The Kier molecular flexibility index (Phi) is 6.38. The van der Waals surface area contributed by atoms with E-state index in [-0.39, 0.29) is 24.6 Å². The third-order valence-corrected chi connectivity index (χ3v) is 3.62. The summed E-state index contributed by atoms with van der Waals surface area (Å²) in [5, 5.41) is 18.3. The van der Waals surface area contributed by atoms with Gasteiger partial charge in [-0.15, -0.1) is 13.2 Å². The molecule has 1 aromatic rings. The average Bonchev–Trinajstić information content (AvgIpc) is 2.45. The monoisotopic (exact) mass is 368 g/mol. The summed E-state index contributed by atoms with van der Waals surface area (Å²) in [7, 11) is 0. The molecule has 24 heavy (non-hydrogen) atoms. The number of ether oxygens (including phenoxy) is 1. The lowest BCUT2D eigenvalue weighted by atomic mass is 9.82. The molecule has 130 valence electrons. The van der Waals surface area contributed by atoms with Crippen LogP contribution in [0.25, 0.3) is 0 Å². The topological polar surface area (TPSA) is 56.8 Å². The van der Waals surface area contributed by atoms with E-state index in [1.54, 1.807) is 12.1 Å². The first-order valence-electron chi connectivity index (χ1n) is 6.36. The minimum absolute atomic E-state index is 0.204. The number of halogens is 6. The van der Waals surface area contributed by atoms with Gasteiger partial charge >= 0.3 is 11.9 Å². The van der Waals surface area contributed by atoms with Gasteiger partial charge in [-0.3, -0.25) is 0 Å². The van der Waals surface area contributed by atoms with E-state index < -0.39 is 28.8 Å². The molecular weight excluding hydrogens is 358 g/mol. The van der Waals surface area contributed by atoms with Crippen molar-refractivity contribution in [2.45, 2.75) is 24.7 Å². The number of nitrogens with zero attached hydrogens (tertiary/aromatic N) is 2. The number of alkyl halides is 6. The molecule has 1 rings (SSSR count). The zero-order chi connectivity index (χ0) is 18.4. The lowest BCUT2D eigenvalue weighted by Crippen LogP contribution is -2.21. The summed E-state index contributed by atoms with van der Waals surface area (Å²) in [6.45, 7) is 0. The van der Waals surface area contributed by atoms with Gasteiger partial charge in [-0.05, 0) is 24.1 Å². The fourth-order valence-electron chi connectivity index (χ4n) is 1.80. The molecule has 0 radical (unpaired) electrons. The fourth-order valence-corrected chi connectivity index (χ4v) is 2.48. The molecule has 0 spiro atoms. The van der Waals surface area contributed by atoms with Gasteiger partial charge in [-0.1, -0.05) is 23.9 Å². The van der Waals surface area contributed by atoms with Gasteiger partial charge in [-0.25, -0.2) is 0 Å². The number of nitriles is 2. The highest BCUT2D eigenvalue weighted by molar-refractivity contribution is 8.00. The average molecular weight is 368 g/mol. The largest absolute Gasteiger partial charge is 0.573 e. The molecule has 0 unspecified atom stereocenters. The smallest absolute Gasteiger partial charge is 0.406 e. The molecule has 0 amide bonds. The molecule has 10 heteroatoms. The van der Waals surface area contributed by atoms with E-state index >= 15 is 0 Å². The summed E-state index contributed by atoms with van der Waals surface area (Å²) < 4.78 is 76.3. The first-order chi connectivity index (χ1) is 11.0. The number of hydrogen-bond acceptors (Lipinski definition) is 4. The summed E-state index contributed by atoms with van der Waals surface area (Å²) in [4.78, 5) is 0. The van der Waals surface area contributed by atoms with Crippen LogP contribution < -0.4 is 4.74 Å². The summed E-state index contributed by atoms with van der Waals surface area (Å²) in [6, 6.07) is 7.86. The molecule has 0 N–H and O–H groups in total. The molecule has 0 saturated heterocycles. The maximum absolute atomic E-state index is 12.1. The van der Waals surface area contributed by atoms with Gasteiger partial charge < -0.3 is 4.74 Å². The number of thioether (sulfide) groups is 1. The Morgan fingerprint density at radius 2 is 1.50 bits per heavy atom. The Labute approximate surface area is 137 Å². The molecule has 0 atom stereocenters. The third-order valence-electron chi connectivity index (χ3n) is 2.89. The van der Waals surface area contributed by atoms with Crippen LogP contribution in [-0.4, -0.2) is 17.6 Å². The number of benzene rings is 1. The van der Waals surface area contributed by atoms with Crippen molar-refractivity contribution in [3.63, 3.8) is 0 Å². The Morgan fingerprint density at radius 3 is 1.92 bits per heavy atom. The van der Waals surface area contributed by atoms with E-state index in [1.807, 2.05) is 0 Å². The quantitative estimate of drug-likeness (QED) is 0.677. The second-order valence-corrected chi connectivity index (χ2v) is 5.88. The Balaban J connectivity index is 2.78. The van der Waals surface area contributed by atoms with Crippen LogP contribution in [-0.2, 0) is 6.42 Å². The zero-order valence-corrected chi connectivity index (χ0v) is 12.7. The van der Waals surface area contributed by atoms with Crippen molar-refractivity contribution in [3.05, 3.63) is 29.8 Å². The molecule has 0 heterocycles. The standard InChI is InChI=1S/C14H10F6N2OS/c15-13(16,17)23-11-3-1-10(2-4-11)7-12(8-21,9-22)5-6-24-14(18,19)20/h1-4H,5-7H2. The van der Waals surface area contributed by atoms with Crippen molar-refractivity contribution in [2.24, 2.45) is 5.41 Å². The summed E-state index contributed by atoms with van der Waals surface area (Å²) in [5.41, 5.74) is -5.82. The SMILES string of the molecule is N#CC(C#N)(CCSC(F)(F)F)Cc1ccc(OC(F)(F)F)cc1. The third kappa shape index (κ3) is 7.01. The van der Waals surface area contributed by atoms with Crippen molar-refractivity contribution in [2.75, 3.05) is 5.75 Å². The van der Waals surface area contributed by atoms with E-state index in [1.165, 1.54) is 12.1 Å². The van der Waals surface area contributed by atoms with Gasteiger partial charge in [0.15, 0.2) is 0 Å². The van der Waals surface area contributed by atoms with E-state index in [9.17, 15) is 26.3 Å². The molecule has 0 aliphatic heterocycles. The van der Waals surface area contributed by atoms with Crippen LogP contribution in [0.4, 0.5) is 26.3 Å². The number of hydrogen-bond donors (Lipinski definition) is 0. The van der Waals surface area contributed by atoms with Gasteiger partial charge in [0, 0.05) is 12.2 Å². The highest BCUT2D eigenvalue weighted by Crippen LogP contribution is 2.35. The van der Waals surface area contributed by atoms with Crippen molar-refractivity contribution < 1.29 is 31.1 Å². The molecule has 1 aromatic carbocycles. The molecule has 0 fully saturated rings. The summed E-state index contributed by atoms with van der Waals surface area (Å²) >= 11 is -0.337. The van der Waals surface area contributed by atoms with Crippen LogP contribution in [0.5, 0.6) is 5.75 Å². The van der Waals surface area contributed by atoms with Crippen molar-refractivity contribution >= 4 is 11.8 Å². The van der Waals surface area contributed by atoms with Crippen molar-refractivity contribution in [1.82, 2.24) is 0 Å². The van der Waals surface area contributed by atoms with Crippen LogP contribution in [0.2, 0.25) is 0 Å². The van der Waals surface area contributed by atoms with Gasteiger partial charge in [0.2, 0.25) is 0 Å². The molecule has 0 aliphatic rings. The predicted molar refractivity (Wildman–Crippen MR) is 73.6 cm³/mol. The Bertz CT molecular complexity index is 613. The molecular formula is C14H10F6N2OS. The van der Waals surface area contributed by atoms with E-state index in [2.05, 4.69) is 4.74 Å². The molecule has 0 saturated carbocycles. The molecule has 3 nitrogen and oxygen atoms in total. The highest BCUT2D eigenvalue weighted by atomic mass is 32.2. The van der Waals surface area contributed by atoms with Gasteiger partial charge in [0.1, 0.15) is 11.2 Å². The maximum atomic E-state index is 12.1. The molecule has 0 bridgehead atoms. The predicted octanol–water partition coefficient (Wildman–Crippen LogP) is 4.80. The first kappa shape index (κ1) is 20.0. The normalized spacial score (nSPS) is 12.3.